The summed E-state index contributed by atoms with van der Waals surface area (Å²) in [6, 6.07) is 11.1. The van der Waals surface area contributed by atoms with Crippen LogP contribution in [0.1, 0.15) is 61.9 Å². The predicted molar refractivity (Wildman–Crippen MR) is 133 cm³/mol. The first-order valence-corrected chi connectivity index (χ1v) is 14.8. The fourth-order valence-corrected chi connectivity index (χ4v) is 6.97. The van der Waals surface area contributed by atoms with Gasteiger partial charge in [0.2, 0.25) is 20.0 Å². The average Bonchev–Trinajstić information content (AvgIpc) is 3.05. The number of amides is 1. The Morgan fingerprint density at radius 2 is 1.71 bits per heavy atom. The Bertz CT molecular complexity index is 1310. The summed E-state index contributed by atoms with van der Waals surface area (Å²) in [5, 5.41) is 0. The molecule has 0 aromatic heterocycles. The Morgan fingerprint density at radius 3 is 2.35 bits per heavy atom. The van der Waals surface area contributed by atoms with Gasteiger partial charge in [0.05, 0.1) is 11.2 Å². The second kappa shape index (κ2) is 8.98. The van der Waals surface area contributed by atoms with E-state index in [9.17, 15) is 21.6 Å². The van der Waals surface area contributed by atoms with E-state index in [4.69, 9.17) is 0 Å². The van der Waals surface area contributed by atoms with Crippen LogP contribution in [-0.2, 0) is 25.5 Å². The van der Waals surface area contributed by atoms with Crippen molar-refractivity contribution >= 4 is 37.3 Å². The second-order valence-corrected chi connectivity index (χ2v) is 13.1. The van der Waals surface area contributed by atoms with Gasteiger partial charge in [0.15, 0.2) is 0 Å². The van der Waals surface area contributed by atoms with E-state index in [1.807, 2.05) is 6.07 Å². The zero-order valence-electron chi connectivity index (χ0n) is 19.7. The van der Waals surface area contributed by atoms with Gasteiger partial charge in [0, 0.05) is 34.9 Å². The van der Waals surface area contributed by atoms with E-state index < -0.39 is 20.0 Å². The molecule has 1 amide bonds. The molecule has 0 saturated heterocycles. The zero-order chi connectivity index (χ0) is 24.7. The molecular formula is C24H31N3O5S2. The normalized spacial score (nSPS) is 17.7. The van der Waals surface area contributed by atoms with Crippen LogP contribution in [-0.4, -0.2) is 41.6 Å². The molecule has 34 heavy (non-hydrogen) atoms. The van der Waals surface area contributed by atoms with Gasteiger partial charge in [-0.2, -0.15) is 0 Å². The smallest absolute Gasteiger partial charge is 0.258 e. The molecule has 2 N–H and O–H groups in total. The Morgan fingerprint density at radius 1 is 1.00 bits per heavy atom. The van der Waals surface area contributed by atoms with Crippen LogP contribution in [0, 0.1) is 0 Å². The number of benzene rings is 2. The molecule has 1 aliphatic carbocycles. The molecule has 0 radical (unpaired) electrons. The first kappa shape index (κ1) is 24.7. The van der Waals surface area contributed by atoms with Crippen LogP contribution in [0.3, 0.4) is 0 Å². The largest absolute Gasteiger partial charge is 0.307 e. The van der Waals surface area contributed by atoms with E-state index in [-0.39, 0.29) is 22.3 Å². The van der Waals surface area contributed by atoms with Gasteiger partial charge in [-0.15, -0.1) is 0 Å². The number of carbonyl (C=O) groups is 1. The second-order valence-electron chi connectivity index (χ2n) is 9.64. The van der Waals surface area contributed by atoms with Crippen molar-refractivity contribution in [2.24, 2.45) is 0 Å². The minimum absolute atomic E-state index is 0.0477. The lowest BCUT2D eigenvalue weighted by Gasteiger charge is -2.34. The molecule has 2 aromatic carbocycles. The molecule has 4 rings (SSSR count). The molecule has 2 aromatic rings. The SMILES string of the molecule is CC(C)NS(=O)(=O)c1cccc(C(=O)N2CC3(CCCCC3)c3cc(NS(C)(=O)=O)ccc32)c1. The third-order valence-corrected chi connectivity index (χ3v) is 8.72. The maximum atomic E-state index is 13.6. The molecule has 0 atom stereocenters. The first-order valence-electron chi connectivity index (χ1n) is 11.5. The molecule has 10 heteroatoms. The van der Waals surface area contributed by atoms with Crippen molar-refractivity contribution in [1.29, 1.82) is 0 Å². The van der Waals surface area contributed by atoms with Gasteiger partial charge >= 0.3 is 0 Å². The highest BCUT2D eigenvalue weighted by Gasteiger charge is 2.45. The van der Waals surface area contributed by atoms with Gasteiger partial charge in [-0.1, -0.05) is 25.3 Å². The van der Waals surface area contributed by atoms with Crippen LogP contribution in [0.4, 0.5) is 11.4 Å². The number of hydrogen-bond acceptors (Lipinski definition) is 5. The lowest BCUT2D eigenvalue weighted by molar-refractivity contribution is 0.0982. The number of carbonyl (C=O) groups excluding carboxylic acids is 1. The summed E-state index contributed by atoms with van der Waals surface area (Å²) in [5.41, 5.74) is 2.26. The van der Waals surface area contributed by atoms with Gasteiger partial charge in [-0.3, -0.25) is 9.52 Å². The molecular weight excluding hydrogens is 474 g/mol. The average molecular weight is 506 g/mol. The molecule has 8 nitrogen and oxygen atoms in total. The Kier molecular flexibility index (Phi) is 6.52. The topological polar surface area (TPSA) is 113 Å². The predicted octanol–water partition coefficient (Wildman–Crippen LogP) is 3.61. The maximum absolute atomic E-state index is 13.6. The first-order chi connectivity index (χ1) is 15.9. The van der Waals surface area contributed by atoms with Crippen LogP contribution in [0.2, 0.25) is 0 Å². The van der Waals surface area contributed by atoms with E-state index in [0.717, 1.165) is 49.6 Å². The van der Waals surface area contributed by atoms with Crippen LogP contribution in [0.25, 0.3) is 0 Å². The van der Waals surface area contributed by atoms with Crippen LogP contribution < -0.4 is 14.3 Å². The fourth-order valence-electron chi connectivity index (χ4n) is 5.11. The number of nitrogens with one attached hydrogen (secondary N) is 2. The quantitative estimate of drug-likeness (QED) is 0.623. The van der Waals surface area contributed by atoms with E-state index in [1.54, 1.807) is 43.0 Å². The summed E-state index contributed by atoms with van der Waals surface area (Å²) >= 11 is 0. The third kappa shape index (κ3) is 4.99. The maximum Gasteiger partial charge on any atom is 0.258 e. The number of nitrogens with zero attached hydrogens (tertiary/aromatic N) is 1. The van der Waals surface area contributed by atoms with Crippen molar-refractivity contribution in [1.82, 2.24) is 4.72 Å². The van der Waals surface area contributed by atoms with Crippen molar-refractivity contribution < 1.29 is 21.6 Å². The number of sulfonamides is 2. The highest BCUT2D eigenvalue weighted by atomic mass is 32.2. The van der Waals surface area contributed by atoms with Gasteiger partial charge < -0.3 is 4.90 Å². The zero-order valence-corrected chi connectivity index (χ0v) is 21.3. The van der Waals surface area contributed by atoms with Crippen molar-refractivity contribution in [3.63, 3.8) is 0 Å². The molecule has 1 saturated carbocycles. The van der Waals surface area contributed by atoms with Crippen molar-refractivity contribution in [3.05, 3.63) is 53.6 Å². The monoisotopic (exact) mass is 505 g/mol. The fraction of sp³-hybridized carbons (Fsp3) is 0.458. The van der Waals surface area contributed by atoms with Crippen LogP contribution >= 0.6 is 0 Å². The summed E-state index contributed by atoms with van der Waals surface area (Å²) in [6.45, 7) is 3.97. The van der Waals surface area contributed by atoms with Gasteiger partial charge in [-0.25, -0.2) is 21.6 Å². The molecule has 2 aliphatic rings. The molecule has 1 heterocycles. The molecule has 184 valence electrons. The summed E-state index contributed by atoms with van der Waals surface area (Å²) in [7, 11) is -7.17. The number of fused-ring (bicyclic) bond motifs is 2. The van der Waals surface area contributed by atoms with E-state index in [2.05, 4.69) is 9.44 Å². The molecule has 1 aliphatic heterocycles. The van der Waals surface area contributed by atoms with Crippen molar-refractivity contribution in [2.75, 3.05) is 22.4 Å². The highest BCUT2D eigenvalue weighted by Crippen LogP contribution is 2.50. The number of rotatable bonds is 6. The number of anilines is 2. The Balaban J connectivity index is 1.72. The Labute approximate surface area is 201 Å². The molecule has 1 spiro atoms. The minimum Gasteiger partial charge on any atom is -0.307 e. The summed E-state index contributed by atoms with van der Waals surface area (Å²) in [5.74, 6) is -0.269. The lowest BCUT2D eigenvalue weighted by atomic mass is 9.70. The van der Waals surface area contributed by atoms with Gasteiger partial charge in [-0.05, 0) is 68.7 Å². The summed E-state index contributed by atoms with van der Waals surface area (Å²) in [6.07, 6.45) is 6.16. The molecule has 0 unspecified atom stereocenters. The van der Waals surface area contributed by atoms with Crippen LogP contribution in [0.5, 0.6) is 0 Å². The van der Waals surface area contributed by atoms with E-state index >= 15 is 0 Å². The van der Waals surface area contributed by atoms with Crippen LogP contribution in [0.15, 0.2) is 47.4 Å². The summed E-state index contributed by atoms with van der Waals surface area (Å²) < 4.78 is 53.9. The third-order valence-electron chi connectivity index (χ3n) is 6.46. The summed E-state index contributed by atoms with van der Waals surface area (Å²) in [4.78, 5) is 15.4. The van der Waals surface area contributed by atoms with Crippen molar-refractivity contribution in [3.8, 4) is 0 Å². The lowest BCUT2D eigenvalue weighted by Crippen LogP contribution is -2.38. The molecule has 1 fully saturated rings. The minimum atomic E-state index is -3.74. The van der Waals surface area contributed by atoms with Crippen molar-refractivity contribution in [2.45, 2.75) is 62.3 Å². The van der Waals surface area contributed by atoms with Gasteiger partial charge in [0.25, 0.3) is 5.91 Å². The molecule has 0 bridgehead atoms. The van der Waals surface area contributed by atoms with Gasteiger partial charge in [0.1, 0.15) is 0 Å². The van der Waals surface area contributed by atoms with E-state index in [1.165, 1.54) is 12.1 Å². The Hall–Kier alpha value is -2.43. The standard InChI is InChI=1S/C24H31N3O5S2/c1-17(2)25-34(31,32)20-9-7-8-18(14-20)23(28)27-16-24(12-5-4-6-13-24)21-15-19(10-11-22(21)27)26-33(3,29)30/h7-11,14-15,17,25-26H,4-6,12-13,16H2,1-3H3. The number of hydrogen-bond donors (Lipinski definition) is 2. The highest BCUT2D eigenvalue weighted by molar-refractivity contribution is 7.92. The van der Waals surface area contributed by atoms with E-state index in [0.29, 0.717) is 17.8 Å².